The largest absolute Gasteiger partial charge is 0.351 e. The molecule has 0 fully saturated rings. The van der Waals surface area contributed by atoms with Crippen LogP contribution in [0.2, 0.25) is 0 Å². The average Bonchev–Trinajstić information content (AvgIpc) is 2.82. The van der Waals surface area contributed by atoms with Crippen LogP contribution < -0.4 is 0 Å². The zero-order valence-corrected chi connectivity index (χ0v) is 11.3. The van der Waals surface area contributed by atoms with E-state index in [-0.39, 0.29) is 6.29 Å². The van der Waals surface area contributed by atoms with Crippen LogP contribution in [0.4, 0.5) is 0 Å². The normalized spacial score (nSPS) is 11.1. The van der Waals surface area contributed by atoms with Gasteiger partial charge in [-0.3, -0.25) is 0 Å². The van der Waals surface area contributed by atoms with Gasteiger partial charge in [-0.1, -0.05) is 6.07 Å². The molecule has 4 nitrogen and oxygen atoms in total. The SMILES string of the molecule is CCOC(Cn1ccc2c(C#N)cccc21)OCC. The third-order valence-electron chi connectivity index (χ3n) is 2.99. The topological polar surface area (TPSA) is 47.2 Å². The number of hydrogen-bond donors (Lipinski definition) is 0. The molecule has 0 saturated carbocycles. The molecule has 1 aromatic heterocycles. The van der Waals surface area contributed by atoms with E-state index in [0.29, 0.717) is 25.3 Å². The summed E-state index contributed by atoms with van der Waals surface area (Å²) in [5.74, 6) is 0. The number of rotatable bonds is 6. The summed E-state index contributed by atoms with van der Waals surface area (Å²) in [7, 11) is 0. The minimum Gasteiger partial charge on any atom is -0.351 e. The molecule has 1 heterocycles. The molecule has 0 N–H and O–H groups in total. The molecule has 0 aliphatic rings. The number of hydrogen-bond acceptors (Lipinski definition) is 3. The Kier molecular flexibility index (Phi) is 4.56. The Labute approximate surface area is 113 Å². The molecular weight excluding hydrogens is 240 g/mol. The number of benzene rings is 1. The molecule has 0 unspecified atom stereocenters. The quantitative estimate of drug-likeness (QED) is 0.748. The van der Waals surface area contributed by atoms with Crippen LogP contribution in [0.1, 0.15) is 19.4 Å². The van der Waals surface area contributed by atoms with Crippen molar-refractivity contribution in [2.24, 2.45) is 0 Å². The lowest BCUT2D eigenvalue weighted by atomic mass is 10.1. The molecule has 19 heavy (non-hydrogen) atoms. The first-order chi connectivity index (χ1) is 9.30. The van der Waals surface area contributed by atoms with Gasteiger partial charge in [0, 0.05) is 30.3 Å². The van der Waals surface area contributed by atoms with Crippen molar-refractivity contribution in [1.29, 1.82) is 5.26 Å². The maximum Gasteiger partial charge on any atom is 0.175 e. The first-order valence-electron chi connectivity index (χ1n) is 6.51. The first kappa shape index (κ1) is 13.6. The van der Waals surface area contributed by atoms with Crippen molar-refractivity contribution in [2.75, 3.05) is 13.2 Å². The minimum absolute atomic E-state index is 0.253. The van der Waals surface area contributed by atoms with E-state index in [4.69, 9.17) is 14.7 Å². The van der Waals surface area contributed by atoms with E-state index in [1.54, 1.807) is 0 Å². The molecule has 0 amide bonds. The minimum atomic E-state index is -0.253. The van der Waals surface area contributed by atoms with Crippen LogP contribution in [0.5, 0.6) is 0 Å². The highest BCUT2D eigenvalue weighted by Crippen LogP contribution is 2.20. The fourth-order valence-corrected chi connectivity index (χ4v) is 2.17. The van der Waals surface area contributed by atoms with Crippen LogP contribution >= 0.6 is 0 Å². The van der Waals surface area contributed by atoms with Crippen molar-refractivity contribution in [3.05, 3.63) is 36.0 Å². The fraction of sp³-hybridized carbons (Fsp3) is 0.400. The molecule has 100 valence electrons. The summed E-state index contributed by atoms with van der Waals surface area (Å²) in [6.45, 7) is 5.77. The van der Waals surface area contributed by atoms with Crippen molar-refractivity contribution in [3.63, 3.8) is 0 Å². The Balaban J connectivity index is 2.28. The van der Waals surface area contributed by atoms with Crippen LogP contribution in [0.3, 0.4) is 0 Å². The van der Waals surface area contributed by atoms with Gasteiger partial charge >= 0.3 is 0 Å². The van der Waals surface area contributed by atoms with Gasteiger partial charge in [0.15, 0.2) is 6.29 Å². The van der Waals surface area contributed by atoms with Crippen LogP contribution in [-0.4, -0.2) is 24.1 Å². The summed E-state index contributed by atoms with van der Waals surface area (Å²) in [4.78, 5) is 0. The van der Waals surface area contributed by atoms with Gasteiger partial charge in [-0.25, -0.2) is 0 Å². The van der Waals surface area contributed by atoms with Crippen molar-refractivity contribution >= 4 is 10.9 Å². The standard InChI is InChI=1S/C15H18N2O2/c1-3-18-15(19-4-2)11-17-9-8-13-12(10-16)6-5-7-14(13)17/h5-9,15H,3-4,11H2,1-2H3. The first-order valence-corrected chi connectivity index (χ1v) is 6.51. The second-order valence-corrected chi connectivity index (χ2v) is 4.16. The Morgan fingerprint density at radius 3 is 2.58 bits per heavy atom. The zero-order valence-electron chi connectivity index (χ0n) is 11.3. The number of ether oxygens (including phenoxy) is 2. The highest BCUT2D eigenvalue weighted by molar-refractivity contribution is 5.85. The Hall–Kier alpha value is -1.83. The van der Waals surface area contributed by atoms with E-state index in [0.717, 1.165) is 10.9 Å². The lowest BCUT2D eigenvalue weighted by Crippen LogP contribution is -2.23. The average molecular weight is 258 g/mol. The Bertz CT molecular complexity index is 577. The monoisotopic (exact) mass is 258 g/mol. The summed E-state index contributed by atoms with van der Waals surface area (Å²) >= 11 is 0. The number of nitrogens with zero attached hydrogens (tertiary/aromatic N) is 2. The molecule has 0 aliphatic carbocycles. The molecular formula is C15H18N2O2. The summed E-state index contributed by atoms with van der Waals surface area (Å²) in [5.41, 5.74) is 1.73. The van der Waals surface area contributed by atoms with Crippen LogP contribution in [0.25, 0.3) is 10.9 Å². The molecule has 2 aromatic rings. The molecule has 4 heteroatoms. The van der Waals surface area contributed by atoms with Crippen molar-refractivity contribution in [2.45, 2.75) is 26.7 Å². The van der Waals surface area contributed by atoms with E-state index < -0.39 is 0 Å². The second-order valence-electron chi connectivity index (χ2n) is 4.16. The summed E-state index contributed by atoms with van der Waals surface area (Å²) in [6, 6.07) is 9.90. The molecule has 0 saturated heterocycles. The molecule has 0 spiro atoms. The second kappa shape index (κ2) is 6.37. The zero-order chi connectivity index (χ0) is 13.7. The van der Waals surface area contributed by atoms with Crippen molar-refractivity contribution in [3.8, 4) is 6.07 Å². The number of nitriles is 1. The van der Waals surface area contributed by atoms with Gasteiger partial charge in [0.05, 0.1) is 18.2 Å². The van der Waals surface area contributed by atoms with Gasteiger partial charge < -0.3 is 14.0 Å². The highest BCUT2D eigenvalue weighted by atomic mass is 16.7. The smallest absolute Gasteiger partial charge is 0.175 e. The van der Waals surface area contributed by atoms with Crippen LogP contribution in [0, 0.1) is 11.3 Å². The van der Waals surface area contributed by atoms with E-state index in [9.17, 15) is 0 Å². The van der Waals surface area contributed by atoms with E-state index in [2.05, 4.69) is 10.6 Å². The van der Waals surface area contributed by atoms with Gasteiger partial charge in [-0.15, -0.1) is 0 Å². The summed E-state index contributed by atoms with van der Waals surface area (Å²) < 4.78 is 13.2. The van der Waals surface area contributed by atoms with Crippen LogP contribution in [0.15, 0.2) is 30.5 Å². The summed E-state index contributed by atoms with van der Waals surface area (Å²) in [6.07, 6.45) is 1.72. The van der Waals surface area contributed by atoms with Crippen molar-refractivity contribution < 1.29 is 9.47 Å². The van der Waals surface area contributed by atoms with Gasteiger partial charge in [0.2, 0.25) is 0 Å². The van der Waals surface area contributed by atoms with E-state index in [1.807, 2.05) is 44.3 Å². The summed E-state index contributed by atoms with van der Waals surface area (Å²) in [5, 5.41) is 10.1. The van der Waals surface area contributed by atoms with E-state index in [1.165, 1.54) is 0 Å². The van der Waals surface area contributed by atoms with Crippen LogP contribution in [-0.2, 0) is 16.0 Å². The lowest BCUT2D eigenvalue weighted by Gasteiger charge is -2.18. The Morgan fingerprint density at radius 1 is 1.21 bits per heavy atom. The predicted molar refractivity (Wildman–Crippen MR) is 73.7 cm³/mol. The number of fused-ring (bicyclic) bond motifs is 1. The molecule has 1 aromatic carbocycles. The third kappa shape index (κ3) is 2.95. The third-order valence-corrected chi connectivity index (χ3v) is 2.99. The Morgan fingerprint density at radius 2 is 1.95 bits per heavy atom. The molecule has 0 bridgehead atoms. The lowest BCUT2D eigenvalue weighted by molar-refractivity contribution is -0.143. The molecule has 0 radical (unpaired) electrons. The van der Waals surface area contributed by atoms with Gasteiger partial charge in [-0.2, -0.15) is 5.26 Å². The van der Waals surface area contributed by atoms with Crippen molar-refractivity contribution in [1.82, 2.24) is 4.57 Å². The fourth-order valence-electron chi connectivity index (χ4n) is 2.17. The molecule has 0 aliphatic heterocycles. The maximum atomic E-state index is 9.09. The van der Waals surface area contributed by atoms with Gasteiger partial charge in [0.25, 0.3) is 0 Å². The molecule has 0 atom stereocenters. The van der Waals surface area contributed by atoms with Gasteiger partial charge in [-0.05, 0) is 32.0 Å². The predicted octanol–water partition coefficient (Wildman–Crippen LogP) is 2.91. The highest BCUT2D eigenvalue weighted by Gasteiger charge is 2.11. The molecule has 2 rings (SSSR count). The number of aromatic nitrogens is 1. The maximum absolute atomic E-state index is 9.09. The van der Waals surface area contributed by atoms with E-state index >= 15 is 0 Å². The van der Waals surface area contributed by atoms with Gasteiger partial charge in [0.1, 0.15) is 0 Å².